The predicted molar refractivity (Wildman–Crippen MR) is 102 cm³/mol. The molecule has 2 saturated carbocycles. The van der Waals surface area contributed by atoms with Gasteiger partial charge in [0.2, 0.25) is 5.91 Å². The molecule has 3 unspecified atom stereocenters. The number of pyridine rings is 1. The van der Waals surface area contributed by atoms with Gasteiger partial charge in [-0.1, -0.05) is 26.8 Å². The zero-order valence-corrected chi connectivity index (χ0v) is 16.2. The van der Waals surface area contributed by atoms with Crippen molar-refractivity contribution in [1.82, 2.24) is 15.6 Å². The van der Waals surface area contributed by atoms with Gasteiger partial charge in [0.15, 0.2) is 0 Å². The zero-order chi connectivity index (χ0) is 18.9. The van der Waals surface area contributed by atoms with E-state index in [2.05, 4.69) is 41.7 Å². The van der Waals surface area contributed by atoms with Crippen molar-refractivity contribution in [2.24, 2.45) is 16.7 Å². The molecule has 1 aromatic heterocycles. The maximum atomic E-state index is 12.2. The fraction of sp³-hybridized carbons (Fsp3) is 0.650. The molecule has 2 aliphatic carbocycles. The minimum absolute atomic E-state index is 0.156. The number of aryl methyl sites for hydroxylation is 1. The van der Waals surface area contributed by atoms with Gasteiger partial charge in [-0.3, -0.25) is 4.79 Å². The van der Waals surface area contributed by atoms with E-state index >= 15 is 0 Å². The number of carbonyl (C=O) groups is 2. The molecule has 0 spiro atoms. The molecule has 142 valence electrons. The van der Waals surface area contributed by atoms with Crippen molar-refractivity contribution in [2.45, 2.75) is 59.4 Å². The lowest BCUT2D eigenvalue weighted by molar-refractivity contribution is -0.116. The van der Waals surface area contributed by atoms with Crippen molar-refractivity contribution < 1.29 is 9.59 Å². The molecule has 0 radical (unpaired) electrons. The number of nitrogens with one attached hydrogen (secondary N) is 3. The smallest absolute Gasteiger partial charge is 0.315 e. The van der Waals surface area contributed by atoms with Crippen molar-refractivity contribution in [3.63, 3.8) is 0 Å². The third-order valence-corrected chi connectivity index (χ3v) is 6.92. The summed E-state index contributed by atoms with van der Waals surface area (Å²) in [7, 11) is 0. The summed E-state index contributed by atoms with van der Waals surface area (Å²) in [5, 5.41) is 8.68. The van der Waals surface area contributed by atoms with Crippen LogP contribution in [0.5, 0.6) is 0 Å². The number of aromatic nitrogens is 1. The number of fused-ring (bicyclic) bond motifs is 2. The summed E-state index contributed by atoms with van der Waals surface area (Å²) in [6, 6.07) is 3.69. The normalized spacial score (nSPS) is 28.6. The minimum atomic E-state index is -0.180. The highest BCUT2D eigenvalue weighted by Crippen LogP contribution is 2.65. The van der Waals surface area contributed by atoms with Crippen LogP contribution in [-0.4, -0.2) is 29.5 Å². The third-order valence-electron chi connectivity index (χ3n) is 6.92. The average Bonchev–Trinajstić information content (AvgIpc) is 2.90. The summed E-state index contributed by atoms with van der Waals surface area (Å²) in [6.45, 7) is 9.20. The van der Waals surface area contributed by atoms with Crippen molar-refractivity contribution >= 4 is 17.8 Å². The first-order chi connectivity index (χ1) is 12.2. The number of carbonyl (C=O) groups excluding carboxylic acids is 2. The minimum Gasteiger partial charge on any atom is -0.338 e. The first-order valence-electron chi connectivity index (χ1n) is 9.49. The monoisotopic (exact) mass is 358 g/mol. The van der Waals surface area contributed by atoms with Gasteiger partial charge in [0.25, 0.3) is 0 Å². The lowest BCUT2D eigenvalue weighted by atomic mass is 9.69. The van der Waals surface area contributed by atoms with Gasteiger partial charge in [0, 0.05) is 25.2 Å². The van der Waals surface area contributed by atoms with Gasteiger partial charge >= 0.3 is 6.03 Å². The van der Waals surface area contributed by atoms with E-state index in [1.807, 2.05) is 13.0 Å². The molecule has 3 amide bonds. The van der Waals surface area contributed by atoms with Crippen molar-refractivity contribution in [2.75, 3.05) is 11.9 Å². The van der Waals surface area contributed by atoms with E-state index in [1.54, 1.807) is 12.3 Å². The van der Waals surface area contributed by atoms with E-state index in [0.717, 1.165) is 12.0 Å². The molecule has 3 atom stereocenters. The predicted octanol–water partition coefficient (Wildman–Crippen LogP) is 3.23. The van der Waals surface area contributed by atoms with E-state index in [4.69, 9.17) is 0 Å². The Labute approximate surface area is 155 Å². The van der Waals surface area contributed by atoms with Gasteiger partial charge in [0.05, 0.1) is 0 Å². The highest BCUT2D eigenvalue weighted by atomic mass is 16.2. The molecule has 0 saturated heterocycles. The second-order valence-corrected chi connectivity index (χ2v) is 8.58. The van der Waals surface area contributed by atoms with Crippen molar-refractivity contribution in [3.8, 4) is 0 Å². The lowest BCUT2D eigenvalue weighted by Crippen LogP contribution is -2.50. The first kappa shape index (κ1) is 18.7. The fourth-order valence-corrected chi connectivity index (χ4v) is 4.67. The largest absolute Gasteiger partial charge is 0.338 e. The number of hydrogen-bond acceptors (Lipinski definition) is 3. The Morgan fingerprint density at radius 3 is 2.62 bits per heavy atom. The van der Waals surface area contributed by atoms with E-state index in [9.17, 15) is 9.59 Å². The molecule has 0 aliphatic heterocycles. The molecule has 6 nitrogen and oxygen atoms in total. The van der Waals surface area contributed by atoms with Crippen LogP contribution >= 0.6 is 0 Å². The molecule has 26 heavy (non-hydrogen) atoms. The number of rotatable bonds is 5. The highest BCUT2D eigenvalue weighted by molar-refractivity contribution is 5.90. The van der Waals surface area contributed by atoms with Crippen molar-refractivity contribution in [1.29, 1.82) is 0 Å². The summed E-state index contributed by atoms with van der Waals surface area (Å²) in [6.07, 6.45) is 5.41. The summed E-state index contributed by atoms with van der Waals surface area (Å²) in [5.74, 6) is 1.06. The molecule has 2 bridgehead atoms. The molecule has 6 heteroatoms. The molecule has 0 aromatic carbocycles. The van der Waals surface area contributed by atoms with E-state index < -0.39 is 0 Å². The SMILES string of the molecule is Cc1ccc(NC(=O)CCNC(=O)NC2CC3CCC2(C)C3(C)C)nc1. The van der Waals surface area contributed by atoms with Gasteiger partial charge in [-0.15, -0.1) is 0 Å². The average molecular weight is 358 g/mol. The van der Waals surface area contributed by atoms with Crippen LogP contribution in [0.4, 0.5) is 10.6 Å². The van der Waals surface area contributed by atoms with E-state index in [0.29, 0.717) is 18.3 Å². The first-order valence-corrected chi connectivity index (χ1v) is 9.49. The van der Waals surface area contributed by atoms with Gasteiger partial charge in [0.1, 0.15) is 5.82 Å². The Hall–Kier alpha value is -2.11. The van der Waals surface area contributed by atoms with Crippen LogP contribution in [0.15, 0.2) is 18.3 Å². The molecular weight excluding hydrogens is 328 g/mol. The van der Waals surface area contributed by atoms with Crippen LogP contribution in [0.2, 0.25) is 0 Å². The zero-order valence-electron chi connectivity index (χ0n) is 16.2. The molecule has 1 heterocycles. The maximum absolute atomic E-state index is 12.2. The Kier molecular flexibility index (Phi) is 4.95. The van der Waals surface area contributed by atoms with Gasteiger partial charge in [-0.25, -0.2) is 9.78 Å². The summed E-state index contributed by atoms with van der Waals surface area (Å²) < 4.78 is 0. The van der Waals surface area contributed by atoms with Gasteiger partial charge < -0.3 is 16.0 Å². The fourth-order valence-electron chi connectivity index (χ4n) is 4.67. The van der Waals surface area contributed by atoms with E-state index in [-0.39, 0.29) is 35.2 Å². The maximum Gasteiger partial charge on any atom is 0.315 e. The van der Waals surface area contributed by atoms with Crippen LogP contribution in [-0.2, 0) is 4.79 Å². The van der Waals surface area contributed by atoms with Crippen LogP contribution < -0.4 is 16.0 Å². The number of anilines is 1. The Morgan fingerprint density at radius 2 is 2.04 bits per heavy atom. The molecule has 2 fully saturated rings. The Morgan fingerprint density at radius 1 is 1.27 bits per heavy atom. The number of hydrogen-bond donors (Lipinski definition) is 3. The Balaban J connectivity index is 1.41. The van der Waals surface area contributed by atoms with Crippen LogP contribution in [0.1, 0.15) is 52.0 Å². The second-order valence-electron chi connectivity index (χ2n) is 8.58. The quantitative estimate of drug-likeness (QED) is 0.756. The van der Waals surface area contributed by atoms with Crippen molar-refractivity contribution in [3.05, 3.63) is 23.9 Å². The molecule has 2 aliphatic rings. The van der Waals surface area contributed by atoms with Gasteiger partial charge in [-0.05, 0) is 54.6 Å². The van der Waals surface area contributed by atoms with Gasteiger partial charge in [-0.2, -0.15) is 0 Å². The van der Waals surface area contributed by atoms with Crippen LogP contribution in [0.3, 0.4) is 0 Å². The topological polar surface area (TPSA) is 83.1 Å². The van der Waals surface area contributed by atoms with E-state index in [1.165, 1.54) is 12.8 Å². The lowest BCUT2D eigenvalue weighted by Gasteiger charge is -2.39. The summed E-state index contributed by atoms with van der Waals surface area (Å²) in [4.78, 5) is 28.3. The standard InChI is InChI=1S/C20H30N4O2/c1-13-5-6-16(22-12-13)24-17(25)8-10-21-18(26)23-15-11-14-7-9-20(15,4)19(14,2)3/h5-6,12,14-15H,7-11H2,1-4H3,(H2,21,23,26)(H,22,24,25). The molecular formula is C20H30N4O2. The summed E-state index contributed by atoms with van der Waals surface area (Å²) in [5.41, 5.74) is 1.47. The number of amides is 3. The molecule has 3 N–H and O–H groups in total. The molecule has 1 aromatic rings. The Bertz CT molecular complexity index is 686. The third kappa shape index (κ3) is 3.41. The van der Waals surface area contributed by atoms with Crippen LogP contribution in [0, 0.1) is 23.7 Å². The number of nitrogens with zero attached hydrogens (tertiary/aromatic N) is 1. The highest BCUT2D eigenvalue weighted by Gasteiger charge is 2.61. The molecule has 3 rings (SSSR count). The number of urea groups is 1. The summed E-state index contributed by atoms with van der Waals surface area (Å²) >= 11 is 0. The van der Waals surface area contributed by atoms with Crippen LogP contribution in [0.25, 0.3) is 0 Å². The second kappa shape index (κ2) is 6.89.